The van der Waals surface area contributed by atoms with Gasteiger partial charge >= 0.3 is 0 Å². The van der Waals surface area contributed by atoms with Crippen LogP contribution >= 0.6 is 0 Å². The maximum Gasteiger partial charge on any atom is 0.251 e. The molecule has 0 aliphatic carbocycles. The Kier molecular flexibility index (Phi) is 8.71. The van der Waals surface area contributed by atoms with Gasteiger partial charge in [0.2, 0.25) is 5.91 Å². The Morgan fingerprint density at radius 3 is 2.52 bits per heavy atom. The van der Waals surface area contributed by atoms with Gasteiger partial charge in [0.15, 0.2) is 0 Å². The fraction of sp³-hybridized carbons (Fsp3) is 0.231. The van der Waals surface area contributed by atoms with E-state index in [1.807, 2.05) is 54.6 Å². The maximum absolute atomic E-state index is 12.2. The number of hydrogen-bond acceptors (Lipinski definition) is 5. The number of anilines is 1. The average Bonchev–Trinajstić information content (AvgIpc) is 2.87. The van der Waals surface area contributed by atoms with Crippen LogP contribution < -0.4 is 25.4 Å². The molecule has 0 spiro atoms. The molecule has 0 saturated carbocycles. The van der Waals surface area contributed by atoms with E-state index in [4.69, 9.17) is 9.47 Å². The SMILES string of the molecule is CNC(=O)c1cccc(NCC(=O)NCCc2ccc(OCc3ccccc3)cc2OC)c1. The smallest absolute Gasteiger partial charge is 0.251 e. The molecule has 3 rings (SSSR count). The highest BCUT2D eigenvalue weighted by Gasteiger charge is 2.08. The number of benzene rings is 3. The average molecular weight is 448 g/mol. The van der Waals surface area contributed by atoms with Gasteiger partial charge in [-0.05, 0) is 41.8 Å². The highest BCUT2D eigenvalue weighted by molar-refractivity contribution is 5.95. The Bertz CT molecular complexity index is 1070. The van der Waals surface area contributed by atoms with Crippen molar-refractivity contribution in [3.63, 3.8) is 0 Å². The van der Waals surface area contributed by atoms with E-state index in [0.29, 0.717) is 30.8 Å². The molecule has 3 aromatic carbocycles. The zero-order valence-corrected chi connectivity index (χ0v) is 18.9. The van der Waals surface area contributed by atoms with Gasteiger partial charge in [-0.15, -0.1) is 0 Å². The number of ether oxygens (including phenoxy) is 2. The van der Waals surface area contributed by atoms with Gasteiger partial charge in [-0.1, -0.05) is 42.5 Å². The van der Waals surface area contributed by atoms with Crippen molar-refractivity contribution in [3.8, 4) is 11.5 Å². The van der Waals surface area contributed by atoms with Crippen molar-refractivity contribution < 1.29 is 19.1 Å². The lowest BCUT2D eigenvalue weighted by molar-refractivity contribution is -0.119. The molecule has 0 aromatic heterocycles. The molecule has 0 unspecified atom stereocenters. The zero-order chi connectivity index (χ0) is 23.5. The first kappa shape index (κ1) is 23.7. The number of methoxy groups -OCH3 is 1. The molecule has 0 aliphatic rings. The highest BCUT2D eigenvalue weighted by Crippen LogP contribution is 2.25. The third-order valence-corrected chi connectivity index (χ3v) is 5.03. The summed E-state index contributed by atoms with van der Waals surface area (Å²) in [5, 5.41) is 8.51. The molecule has 3 N–H and O–H groups in total. The molecule has 0 fully saturated rings. The number of rotatable bonds is 11. The summed E-state index contributed by atoms with van der Waals surface area (Å²) in [5.41, 5.74) is 3.32. The lowest BCUT2D eigenvalue weighted by Crippen LogP contribution is -2.31. The summed E-state index contributed by atoms with van der Waals surface area (Å²) in [5.74, 6) is 1.14. The Hall–Kier alpha value is -4.00. The molecule has 0 atom stereocenters. The van der Waals surface area contributed by atoms with Crippen molar-refractivity contribution in [2.75, 3.05) is 32.6 Å². The summed E-state index contributed by atoms with van der Waals surface area (Å²) >= 11 is 0. The number of carbonyl (C=O) groups excluding carboxylic acids is 2. The number of hydrogen-bond donors (Lipinski definition) is 3. The minimum Gasteiger partial charge on any atom is -0.496 e. The van der Waals surface area contributed by atoms with Crippen LogP contribution in [0.15, 0.2) is 72.8 Å². The van der Waals surface area contributed by atoms with E-state index in [2.05, 4.69) is 16.0 Å². The first-order valence-electron chi connectivity index (χ1n) is 10.8. The van der Waals surface area contributed by atoms with Crippen molar-refractivity contribution >= 4 is 17.5 Å². The molecule has 7 heteroatoms. The minimum atomic E-state index is -0.173. The maximum atomic E-state index is 12.2. The van der Waals surface area contributed by atoms with Crippen LogP contribution in [0, 0.1) is 0 Å². The number of amides is 2. The molecule has 0 saturated heterocycles. The second-order valence-corrected chi connectivity index (χ2v) is 7.36. The third kappa shape index (κ3) is 7.28. The predicted octanol–water partition coefficient (Wildman–Crippen LogP) is 3.40. The number of nitrogens with one attached hydrogen (secondary N) is 3. The largest absolute Gasteiger partial charge is 0.496 e. The second kappa shape index (κ2) is 12.1. The molecule has 7 nitrogen and oxygen atoms in total. The van der Waals surface area contributed by atoms with Gasteiger partial charge in [0.1, 0.15) is 18.1 Å². The van der Waals surface area contributed by atoms with Crippen LogP contribution in [-0.2, 0) is 17.8 Å². The molecule has 0 heterocycles. The van der Waals surface area contributed by atoms with Crippen LogP contribution in [0.2, 0.25) is 0 Å². The van der Waals surface area contributed by atoms with Gasteiger partial charge in [0.25, 0.3) is 5.91 Å². The van der Waals surface area contributed by atoms with Crippen LogP contribution in [0.5, 0.6) is 11.5 Å². The van der Waals surface area contributed by atoms with E-state index in [1.165, 1.54) is 0 Å². The van der Waals surface area contributed by atoms with Gasteiger partial charge < -0.3 is 25.4 Å². The zero-order valence-electron chi connectivity index (χ0n) is 18.9. The van der Waals surface area contributed by atoms with E-state index < -0.39 is 0 Å². The normalized spacial score (nSPS) is 10.2. The second-order valence-electron chi connectivity index (χ2n) is 7.36. The monoisotopic (exact) mass is 447 g/mol. The fourth-order valence-electron chi connectivity index (χ4n) is 3.26. The summed E-state index contributed by atoms with van der Waals surface area (Å²) < 4.78 is 11.4. The molecule has 0 bridgehead atoms. The van der Waals surface area contributed by atoms with E-state index >= 15 is 0 Å². The van der Waals surface area contributed by atoms with Crippen molar-refractivity contribution in [2.45, 2.75) is 13.0 Å². The molecule has 33 heavy (non-hydrogen) atoms. The quantitative estimate of drug-likeness (QED) is 0.419. The topological polar surface area (TPSA) is 88.7 Å². The Morgan fingerprint density at radius 2 is 1.76 bits per heavy atom. The van der Waals surface area contributed by atoms with Crippen LogP contribution in [-0.4, -0.2) is 39.1 Å². The third-order valence-electron chi connectivity index (χ3n) is 5.03. The lowest BCUT2D eigenvalue weighted by Gasteiger charge is -2.13. The van der Waals surface area contributed by atoms with Gasteiger partial charge in [-0.25, -0.2) is 0 Å². The van der Waals surface area contributed by atoms with E-state index in [-0.39, 0.29) is 18.4 Å². The predicted molar refractivity (Wildman–Crippen MR) is 129 cm³/mol. The van der Waals surface area contributed by atoms with Gasteiger partial charge in [-0.2, -0.15) is 0 Å². The molecule has 2 amide bonds. The summed E-state index contributed by atoms with van der Waals surface area (Å²) in [6.07, 6.45) is 0.625. The van der Waals surface area contributed by atoms with Crippen molar-refractivity contribution in [1.82, 2.24) is 10.6 Å². The molecule has 0 aliphatic heterocycles. The van der Waals surface area contributed by atoms with Crippen molar-refractivity contribution in [1.29, 1.82) is 0 Å². The summed E-state index contributed by atoms with van der Waals surface area (Å²) in [6, 6.07) is 22.7. The van der Waals surface area contributed by atoms with Crippen LogP contribution in [0.4, 0.5) is 5.69 Å². The van der Waals surface area contributed by atoms with Crippen LogP contribution in [0.1, 0.15) is 21.5 Å². The van der Waals surface area contributed by atoms with E-state index in [9.17, 15) is 9.59 Å². The van der Waals surface area contributed by atoms with Gasteiger partial charge in [0, 0.05) is 30.9 Å². The molecular formula is C26H29N3O4. The van der Waals surface area contributed by atoms with Gasteiger partial charge in [-0.3, -0.25) is 9.59 Å². The van der Waals surface area contributed by atoms with Crippen molar-refractivity contribution in [3.05, 3.63) is 89.5 Å². The Balaban J connectivity index is 1.45. The van der Waals surface area contributed by atoms with Crippen molar-refractivity contribution in [2.24, 2.45) is 0 Å². The fourth-order valence-corrected chi connectivity index (χ4v) is 3.26. The van der Waals surface area contributed by atoms with Crippen LogP contribution in [0.25, 0.3) is 0 Å². The van der Waals surface area contributed by atoms with E-state index in [0.717, 1.165) is 22.6 Å². The molecule has 0 radical (unpaired) electrons. The first-order valence-corrected chi connectivity index (χ1v) is 10.8. The molecule has 3 aromatic rings. The Morgan fingerprint density at radius 1 is 0.939 bits per heavy atom. The summed E-state index contributed by atoms with van der Waals surface area (Å²) in [7, 11) is 3.20. The lowest BCUT2D eigenvalue weighted by atomic mass is 10.1. The minimum absolute atomic E-state index is 0.112. The van der Waals surface area contributed by atoms with Crippen LogP contribution in [0.3, 0.4) is 0 Å². The van der Waals surface area contributed by atoms with E-state index in [1.54, 1.807) is 32.4 Å². The Labute approximate surface area is 194 Å². The summed E-state index contributed by atoms with van der Waals surface area (Å²) in [4.78, 5) is 23.9. The molecule has 172 valence electrons. The number of carbonyl (C=O) groups is 2. The summed E-state index contributed by atoms with van der Waals surface area (Å²) in [6.45, 7) is 1.07. The first-order chi connectivity index (χ1) is 16.1. The molecular weight excluding hydrogens is 418 g/mol. The highest BCUT2D eigenvalue weighted by atomic mass is 16.5. The van der Waals surface area contributed by atoms with Gasteiger partial charge in [0.05, 0.1) is 13.7 Å². The standard InChI is InChI=1S/C26H29N3O4/c1-27-26(31)21-9-6-10-22(15-21)29-17-25(30)28-14-13-20-11-12-23(16-24(20)32-2)33-18-19-7-4-3-5-8-19/h3-12,15-16,29H,13-14,17-18H2,1-2H3,(H,27,31)(H,28,30).